The number of nitrogens with zero attached hydrogens (tertiary/aromatic N) is 2. The molecule has 1 saturated heterocycles. The maximum Gasteiger partial charge on any atom is 0.251 e. The Morgan fingerprint density at radius 2 is 1.91 bits per heavy atom. The minimum absolute atomic E-state index is 0.0850. The Morgan fingerprint density at radius 1 is 1.11 bits per heavy atom. The lowest BCUT2D eigenvalue weighted by atomic mass is 10.1. The third-order valence-electron chi connectivity index (χ3n) is 6.12. The molecule has 4 rings (SSSR count). The van der Waals surface area contributed by atoms with E-state index in [0.29, 0.717) is 24.8 Å². The Morgan fingerprint density at radius 3 is 2.69 bits per heavy atom. The fraction of sp³-hybridized carbons (Fsp3) is 0.357. The number of carbonyl (C=O) groups is 1. The van der Waals surface area contributed by atoms with Crippen molar-refractivity contribution in [2.45, 2.75) is 36.1 Å². The lowest BCUT2D eigenvalue weighted by Gasteiger charge is -2.31. The zero-order valence-corrected chi connectivity index (χ0v) is 21.0. The second kappa shape index (κ2) is 13.3. The zero-order chi connectivity index (χ0) is 24.3. The van der Waals surface area contributed by atoms with E-state index in [-0.39, 0.29) is 5.91 Å². The summed E-state index contributed by atoms with van der Waals surface area (Å²) in [5.74, 6) is 1.59. The summed E-state index contributed by atoms with van der Waals surface area (Å²) in [6.07, 6.45) is 5.82. The number of likely N-dealkylation sites (N-methyl/N-ethyl adjacent to an activating group) is 1. The molecule has 1 N–H and O–H groups in total. The lowest BCUT2D eigenvalue weighted by Crippen LogP contribution is -2.38. The van der Waals surface area contributed by atoms with Crippen LogP contribution in [0.3, 0.4) is 0 Å². The van der Waals surface area contributed by atoms with Crippen molar-refractivity contribution in [3.63, 3.8) is 0 Å². The molecule has 3 aromatic rings. The van der Waals surface area contributed by atoms with Crippen LogP contribution in [0.2, 0.25) is 0 Å². The molecule has 35 heavy (non-hydrogen) atoms. The SMILES string of the molecule is CN(CCOc1cccc(CNC(=O)c2ccc(SCc3cccnc3)cc2)c1)C1CCOCC1. The maximum absolute atomic E-state index is 12.6. The van der Waals surface area contributed by atoms with E-state index in [4.69, 9.17) is 9.47 Å². The van der Waals surface area contributed by atoms with Crippen LogP contribution < -0.4 is 10.1 Å². The van der Waals surface area contributed by atoms with Crippen LogP contribution in [-0.4, -0.2) is 55.2 Å². The molecule has 1 amide bonds. The lowest BCUT2D eigenvalue weighted by molar-refractivity contribution is 0.0392. The Hall–Kier alpha value is -2.87. The van der Waals surface area contributed by atoms with Gasteiger partial charge in [0.15, 0.2) is 0 Å². The maximum atomic E-state index is 12.6. The fourth-order valence-electron chi connectivity index (χ4n) is 4.00. The molecule has 1 aromatic heterocycles. The first kappa shape index (κ1) is 25.2. The molecule has 0 atom stereocenters. The highest BCUT2D eigenvalue weighted by Crippen LogP contribution is 2.23. The van der Waals surface area contributed by atoms with Crippen LogP contribution in [0.25, 0.3) is 0 Å². The average Bonchev–Trinajstić information content (AvgIpc) is 2.92. The number of amides is 1. The number of pyridine rings is 1. The highest BCUT2D eigenvalue weighted by Gasteiger charge is 2.18. The second-order valence-electron chi connectivity index (χ2n) is 8.68. The standard InChI is InChI=1S/C28H33N3O3S/c1-31(25-11-15-33-16-12-25)14-17-34-26-6-2-4-22(18-26)20-30-28(32)24-7-9-27(10-8-24)35-21-23-5-3-13-29-19-23/h2-10,13,18-19,25H,11-12,14-17,20-21H2,1H3,(H,30,32). The van der Waals surface area contributed by atoms with E-state index in [1.807, 2.05) is 60.8 Å². The number of rotatable bonds is 11. The van der Waals surface area contributed by atoms with Crippen molar-refractivity contribution >= 4 is 17.7 Å². The molecule has 6 nitrogen and oxygen atoms in total. The number of benzene rings is 2. The Bertz CT molecular complexity index is 1060. The molecule has 1 aliphatic rings. The van der Waals surface area contributed by atoms with Gasteiger partial charge in [-0.2, -0.15) is 0 Å². The minimum atomic E-state index is -0.0850. The van der Waals surface area contributed by atoms with E-state index >= 15 is 0 Å². The molecule has 0 radical (unpaired) electrons. The van der Waals surface area contributed by atoms with Crippen molar-refractivity contribution in [1.29, 1.82) is 0 Å². The van der Waals surface area contributed by atoms with Crippen molar-refractivity contribution in [2.24, 2.45) is 0 Å². The summed E-state index contributed by atoms with van der Waals surface area (Å²) < 4.78 is 11.4. The van der Waals surface area contributed by atoms with E-state index in [1.54, 1.807) is 18.0 Å². The third-order valence-corrected chi connectivity index (χ3v) is 7.21. The third kappa shape index (κ3) is 8.09. The molecule has 1 aliphatic heterocycles. The highest BCUT2D eigenvalue weighted by molar-refractivity contribution is 7.98. The number of hydrogen-bond donors (Lipinski definition) is 1. The zero-order valence-electron chi connectivity index (χ0n) is 20.2. The molecule has 0 spiro atoms. The first-order chi connectivity index (χ1) is 17.2. The number of nitrogens with one attached hydrogen (secondary N) is 1. The summed E-state index contributed by atoms with van der Waals surface area (Å²) >= 11 is 1.73. The predicted octanol–water partition coefficient (Wildman–Crippen LogP) is 4.79. The summed E-state index contributed by atoms with van der Waals surface area (Å²) in [6.45, 7) is 3.66. The van der Waals surface area contributed by atoms with Gasteiger partial charge < -0.3 is 14.8 Å². The van der Waals surface area contributed by atoms with Gasteiger partial charge in [0.25, 0.3) is 5.91 Å². The molecule has 0 saturated carbocycles. The first-order valence-electron chi connectivity index (χ1n) is 12.1. The van der Waals surface area contributed by atoms with Crippen molar-refractivity contribution in [3.8, 4) is 5.75 Å². The van der Waals surface area contributed by atoms with Crippen LogP contribution in [0.1, 0.15) is 34.3 Å². The van der Waals surface area contributed by atoms with E-state index in [1.165, 1.54) is 5.56 Å². The van der Waals surface area contributed by atoms with Crippen LogP contribution in [0, 0.1) is 0 Å². The van der Waals surface area contributed by atoms with Gasteiger partial charge in [0.1, 0.15) is 12.4 Å². The topological polar surface area (TPSA) is 63.7 Å². The van der Waals surface area contributed by atoms with Gasteiger partial charge in [-0.1, -0.05) is 18.2 Å². The number of hydrogen-bond acceptors (Lipinski definition) is 6. The number of carbonyl (C=O) groups excluding carboxylic acids is 1. The van der Waals surface area contributed by atoms with Crippen LogP contribution >= 0.6 is 11.8 Å². The van der Waals surface area contributed by atoms with Gasteiger partial charge in [0.2, 0.25) is 0 Å². The van der Waals surface area contributed by atoms with Gasteiger partial charge in [-0.05, 0) is 73.5 Å². The van der Waals surface area contributed by atoms with E-state index in [2.05, 4.69) is 28.3 Å². The van der Waals surface area contributed by atoms with Crippen molar-refractivity contribution in [1.82, 2.24) is 15.2 Å². The quantitative estimate of drug-likeness (QED) is 0.389. The fourth-order valence-corrected chi connectivity index (χ4v) is 4.83. The highest BCUT2D eigenvalue weighted by atomic mass is 32.2. The van der Waals surface area contributed by atoms with Crippen molar-refractivity contribution in [2.75, 3.05) is 33.4 Å². The first-order valence-corrected chi connectivity index (χ1v) is 13.1. The van der Waals surface area contributed by atoms with Gasteiger partial charge in [0, 0.05) is 61.0 Å². The second-order valence-corrected chi connectivity index (χ2v) is 9.73. The smallest absolute Gasteiger partial charge is 0.251 e. The largest absolute Gasteiger partial charge is 0.492 e. The number of ether oxygens (including phenoxy) is 2. The molecule has 2 aromatic carbocycles. The molecule has 2 heterocycles. The summed E-state index contributed by atoms with van der Waals surface area (Å²) in [4.78, 5) is 20.2. The van der Waals surface area contributed by atoms with Gasteiger partial charge >= 0.3 is 0 Å². The van der Waals surface area contributed by atoms with Gasteiger partial charge in [0.05, 0.1) is 0 Å². The molecule has 0 unspecified atom stereocenters. The van der Waals surface area contributed by atoms with Gasteiger partial charge in [-0.3, -0.25) is 14.7 Å². The Kier molecular flexibility index (Phi) is 9.57. The van der Waals surface area contributed by atoms with Gasteiger partial charge in [-0.25, -0.2) is 0 Å². The molecule has 7 heteroatoms. The minimum Gasteiger partial charge on any atom is -0.492 e. The van der Waals surface area contributed by atoms with E-state index in [0.717, 1.165) is 54.6 Å². The van der Waals surface area contributed by atoms with Crippen LogP contribution in [0.5, 0.6) is 5.75 Å². The molecule has 1 fully saturated rings. The monoisotopic (exact) mass is 491 g/mol. The summed E-state index contributed by atoms with van der Waals surface area (Å²) in [5, 5.41) is 3.01. The Balaban J connectivity index is 1.20. The molecular formula is C28H33N3O3S. The number of thioether (sulfide) groups is 1. The molecule has 0 bridgehead atoms. The van der Waals surface area contributed by atoms with Crippen molar-refractivity contribution in [3.05, 3.63) is 89.7 Å². The normalized spacial score (nSPS) is 14.1. The summed E-state index contributed by atoms with van der Waals surface area (Å²) in [7, 11) is 2.15. The molecular weight excluding hydrogens is 458 g/mol. The Labute approximate surface area is 212 Å². The molecule has 0 aliphatic carbocycles. The van der Waals surface area contributed by atoms with Gasteiger partial charge in [-0.15, -0.1) is 11.8 Å². The molecule has 184 valence electrons. The van der Waals surface area contributed by atoms with Crippen molar-refractivity contribution < 1.29 is 14.3 Å². The summed E-state index contributed by atoms with van der Waals surface area (Å²) in [5.41, 5.74) is 2.84. The predicted molar refractivity (Wildman–Crippen MR) is 140 cm³/mol. The van der Waals surface area contributed by atoms with E-state index in [9.17, 15) is 4.79 Å². The van der Waals surface area contributed by atoms with Crippen LogP contribution in [-0.2, 0) is 17.0 Å². The average molecular weight is 492 g/mol. The van der Waals surface area contributed by atoms with Crippen LogP contribution in [0.4, 0.5) is 0 Å². The van der Waals surface area contributed by atoms with E-state index < -0.39 is 0 Å². The van der Waals surface area contributed by atoms with Crippen LogP contribution in [0.15, 0.2) is 78.0 Å². The summed E-state index contributed by atoms with van der Waals surface area (Å²) in [6, 6.07) is 20.2. The number of aromatic nitrogens is 1.